The van der Waals surface area contributed by atoms with Gasteiger partial charge in [0.2, 0.25) is 0 Å². The molecule has 0 bridgehead atoms. The maximum Gasteiger partial charge on any atom is 0.341 e. The molecule has 1 aromatic rings. The number of carbonyl (C=O) groups is 2. The highest BCUT2D eigenvalue weighted by Gasteiger charge is 2.36. The molecule has 0 aromatic heterocycles. The highest BCUT2D eigenvalue weighted by molar-refractivity contribution is 7.91. The second kappa shape index (κ2) is 7.70. The molecule has 1 aliphatic rings. The van der Waals surface area contributed by atoms with Gasteiger partial charge in [-0.05, 0) is 38.5 Å². The molecule has 2 atom stereocenters. The minimum Gasteiger partial charge on any atom is -0.449 e. The van der Waals surface area contributed by atoms with E-state index in [1.165, 1.54) is 17.9 Å². The van der Waals surface area contributed by atoms with Crippen molar-refractivity contribution in [2.24, 2.45) is 0 Å². The first-order chi connectivity index (χ1) is 11.6. The lowest BCUT2D eigenvalue weighted by atomic mass is 10.2. The Morgan fingerprint density at radius 2 is 2.12 bits per heavy atom. The SMILES string of the molecule is CCN(C(=O)[C@H](C)OC(=O)c1cc(Cl)ccc1F)[C@H]1CCS(=O)(=O)C1. The summed E-state index contributed by atoms with van der Waals surface area (Å²) >= 11 is 5.74. The lowest BCUT2D eigenvalue weighted by Gasteiger charge is -2.29. The molecule has 0 unspecified atom stereocenters. The van der Waals surface area contributed by atoms with Crippen LogP contribution in [0, 0.1) is 5.82 Å². The van der Waals surface area contributed by atoms with Crippen molar-refractivity contribution < 1.29 is 27.1 Å². The largest absolute Gasteiger partial charge is 0.449 e. The molecule has 9 heteroatoms. The van der Waals surface area contributed by atoms with Crippen molar-refractivity contribution in [3.8, 4) is 0 Å². The molecule has 0 N–H and O–H groups in total. The number of hydrogen-bond acceptors (Lipinski definition) is 5. The standard InChI is InChI=1S/C16H19ClFNO5S/c1-3-19(12-6-7-25(22,23)9-12)15(20)10(2)24-16(21)13-8-11(17)4-5-14(13)18/h4-5,8,10,12H,3,6-7,9H2,1-2H3/t10-,12-/m0/s1. The number of hydrogen-bond donors (Lipinski definition) is 0. The average molecular weight is 392 g/mol. The van der Waals surface area contributed by atoms with Crippen molar-refractivity contribution in [3.63, 3.8) is 0 Å². The van der Waals surface area contributed by atoms with Crippen LogP contribution in [-0.4, -0.2) is 55.4 Å². The molecule has 138 valence electrons. The van der Waals surface area contributed by atoms with Crippen molar-refractivity contribution in [1.29, 1.82) is 0 Å². The van der Waals surface area contributed by atoms with Gasteiger partial charge in [0.05, 0.1) is 17.1 Å². The number of halogens is 2. The molecule has 2 rings (SSSR count). The van der Waals surface area contributed by atoms with E-state index in [4.69, 9.17) is 16.3 Å². The van der Waals surface area contributed by atoms with Crippen LogP contribution in [-0.2, 0) is 19.4 Å². The van der Waals surface area contributed by atoms with Crippen LogP contribution in [0.5, 0.6) is 0 Å². The van der Waals surface area contributed by atoms with E-state index < -0.39 is 39.7 Å². The number of esters is 1. The summed E-state index contributed by atoms with van der Waals surface area (Å²) in [5.41, 5.74) is -0.362. The number of amides is 1. The Morgan fingerprint density at radius 1 is 1.44 bits per heavy atom. The van der Waals surface area contributed by atoms with Gasteiger partial charge in [0, 0.05) is 17.6 Å². The quantitative estimate of drug-likeness (QED) is 0.718. The molecule has 25 heavy (non-hydrogen) atoms. The van der Waals surface area contributed by atoms with Gasteiger partial charge < -0.3 is 9.64 Å². The second-order valence-electron chi connectivity index (χ2n) is 5.85. The minimum atomic E-state index is -3.15. The lowest BCUT2D eigenvalue weighted by molar-refractivity contribution is -0.141. The third-order valence-corrected chi connectivity index (χ3v) is 6.04. The van der Waals surface area contributed by atoms with Crippen molar-refractivity contribution in [1.82, 2.24) is 4.90 Å². The van der Waals surface area contributed by atoms with Crippen LogP contribution in [0.15, 0.2) is 18.2 Å². The normalized spacial score (nSPS) is 20.1. The van der Waals surface area contributed by atoms with Gasteiger partial charge in [0.15, 0.2) is 15.9 Å². The van der Waals surface area contributed by atoms with Gasteiger partial charge in [-0.1, -0.05) is 11.6 Å². The highest BCUT2D eigenvalue weighted by atomic mass is 35.5. The molecule has 0 radical (unpaired) electrons. The first-order valence-corrected chi connectivity index (χ1v) is 10.0. The Balaban J connectivity index is 2.08. The molecule has 1 amide bonds. The van der Waals surface area contributed by atoms with E-state index in [0.717, 1.165) is 12.1 Å². The number of carbonyl (C=O) groups excluding carboxylic acids is 2. The Kier molecular flexibility index (Phi) is 6.05. The van der Waals surface area contributed by atoms with Crippen LogP contribution in [0.25, 0.3) is 0 Å². The second-order valence-corrected chi connectivity index (χ2v) is 8.52. The van der Waals surface area contributed by atoms with E-state index in [0.29, 0.717) is 6.42 Å². The summed E-state index contributed by atoms with van der Waals surface area (Å²) < 4.78 is 42.0. The summed E-state index contributed by atoms with van der Waals surface area (Å²) in [6.45, 7) is 3.37. The number of likely N-dealkylation sites (N-methyl/N-ethyl adjacent to an activating group) is 1. The predicted molar refractivity (Wildman–Crippen MR) is 90.7 cm³/mol. The van der Waals surface area contributed by atoms with Crippen LogP contribution < -0.4 is 0 Å². The Labute approximate surface area is 150 Å². The predicted octanol–water partition coefficient (Wildman–Crippen LogP) is 2.06. The molecule has 1 saturated heterocycles. The van der Waals surface area contributed by atoms with Crippen molar-refractivity contribution in [2.45, 2.75) is 32.4 Å². The monoisotopic (exact) mass is 391 g/mol. The maximum absolute atomic E-state index is 13.7. The van der Waals surface area contributed by atoms with Gasteiger partial charge in [0.1, 0.15) is 5.82 Å². The molecular formula is C16H19ClFNO5S. The Morgan fingerprint density at radius 3 is 2.68 bits per heavy atom. The number of benzene rings is 1. The highest BCUT2D eigenvalue weighted by Crippen LogP contribution is 2.20. The summed E-state index contributed by atoms with van der Waals surface area (Å²) in [6.07, 6.45) is -0.819. The Bertz CT molecular complexity index is 783. The number of rotatable bonds is 5. The topological polar surface area (TPSA) is 80.8 Å². The summed E-state index contributed by atoms with van der Waals surface area (Å²) in [5.74, 6) is -2.39. The van der Waals surface area contributed by atoms with Crippen molar-refractivity contribution >= 4 is 33.3 Å². The molecule has 1 aliphatic heterocycles. The first-order valence-electron chi connectivity index (χ1n) is 7.81. The summed E-state index contributed by atoms with van der Waals surface area (Å²) in [4.78, 5) is 26.0. The molecule has 0 aliphatic carbocycles. The van der Waals surface area contributed by atoms with Gasteiger partial charge in [-0.15, -0.1) is 0 Å². The molecule has 0 saturated carbocycles. The zero-order valence-electron chi connectivity index (χ0n) is 13.9. The first kappa shape index (κ1) is 19.7. The fourth-order valence-corrected chi connectivity index (χ4v) is 4.68. The minimum absolute atomic E-state index is 0.0311. The molecular weight excluding hydrogens is 373 g/mol. The fraction of sp³-hybridized carbons (Fsp3) is 0.500. The van der Waals surface area contributed by atoms with Crippen LogP contribution in [0.1, 0.15) is 30.6 Å². The van der Waals surface area contributed by atoms with Gasteiger partial charge in [-0.25, -0.2) is 17.6 Å². The van der Waals surface area contributed by atoms with Gasteiger partial charge in [-0.3, -0.25) is 4.79 Å². The van der Waals surface area contributed by atoms with E-state index in [9.17, 15) is 22.4 Å². The van der Waals surface area contributed by atoms with Crippen LogP contribution >= 0.6 is 11.6 Å². The van der Waals surface area contributed by atoms with Crippen molar-refractivity contribution in [2.75, 3.05) is 18.1 Å². The van der Waals surface area contributed by atoms with E-state index in [1.807, 2.05) is 0 Å². The maximum atomic E-state index is 13.7. The number of sulfone groups is 1. The molecule has 1 fully saturated rings. The molecule has 0 spiro atoms. The van der Waals surface area contributed by atoms with Crippen LogP contribution in [0.3, 0.4) is 0 Å². The zero-order valence-corrected chi connectivity index (χ0v) is 15.4. The zero-order chi connectivity index (χ0) is 18.8. The van der Waals surface area contributed by atoms with E-state index in [2.05, 4.69) is 0 Å². The molecule has 6 nitrogen and oxygen atoms in total. The van der Waals surface area contributed by atoms with Crippen LogP contribution in [0.2, 0.25) is 5.02 Å². The smallest absolute Gasteiger partial charge is 0.341 e. The van der Waals surface area contributed by atoms with Gasteiger partial charge in [-0.2, -0.15) is 0 Å². The third-order valence-electron chi connectivity index (χ3n) is 4.05. The Hall–Kier alpha value is -1.67. The number of nitrogens with zero attached hydrogens (tertiary/aromatic N) is 1. The van der Waals surface area contributed by atoms with E-state index in [-0.39, 0.29) is 28.6 Å². The van der Waals surface area contributed by atoms with Crippen molar-refractivity contribution in [3.05, 3.63) is 34.6 Å². The fourth-order valence-electron chi connectivity index (χ4n) is 2.78. The van der Waals surface area contributed by atoms with E-state index >= 15 is 0 Å². The van der Waals surface area contributed by atoms with E-state index in [1.54, 1.807) is 6.92 Å². The average Bonchev–Trinajstić information content (AvgIpc) is 2.89. The van der Waals surface area contributed by atoms with Gasteiger partial charge >= 0.3 is 5.97 Å². The molecule has 1 heterocycles. The molecule has 1 aromatic carbocycles. The number of ether oxygens (including phenoxy) is 1. The van der Waals surface area contributed by atoms with Gasteiger partial charge in [0.25, 0.3) is 5.91 Å². The van der Waals surface area contributed by atoms with Crippen LogP contribution in [0.4, 0.5) is 4.39 Å². The summed E-state index contributed by atoms with van der Waals surface area (Å²) in [7, 11) is -3.15. The summed E-state index contributed by atoms with van der Waals surface area (Å²) in [6, 6.07) is 3.01. The summed E-state index contributed by atoms with van der Waals surface area (Å²) in [5, 5.41) is 0.165. The lowest BCUT2D eigenvalue weighted by Crippen LogP contribution is -2.46. The third kappa shape index (κ3) is 4.70.